The van der Waals surface area contributed by atoms with Crippen molar-refractivity contribution in [3.05, 3.63) is 39.4 Å². The maximum absolute atomic E-state index is 12.1. The molecule has 0 atom stereocenters. The van der Waals surface area contributed by atoms with E-state index in [-0.39, 0.29) is 5.69 Å². The summed E-state index contributed by atoms with van der Waals surface area (Å²) >= 11 is 6.82. The fourth-order valence-electron chi connectivity index (χ4n) is 2.01. The molecule has 0 aliphatic rings. The second-order valence-electron chi connectivity index (χ2n) is 4.34. The van der Waals surface area contributed by atoms with E-state index in [9.17, 15) is 4.79 Å². The zero-order chi connectivity index (χ0) is 14.9. The van der Waals surface area contributed by atoms with Gasteiger partial charge in [-0.1, -0.05) is 12.2 Å². The molecule has 1 aromatic heterocycles. The molecular weight excluding hydrogens is 292 g/mol. The van der Waals surface area contributed by atoms with Crippen molar-refractivity contribution in [3.8, 4) is 17.0 Å². The molecule has 0 fully saturated rings. The minimum atomic E-state index is -0.131. The van der Waals surface area contributed by atoms with E-state index in [0.29, 0.717) is 4.64 Å². The summed E-state index contributed by atoms with van der Waals surface area (Å²) in [6, 6.07) is 7.68. The fraction of sp³-hybridized carbons (Fsp3) is 0.286. The normalized spacial score (nSPS) is 10.6. The summed E-state index contributed by atoms with van der Waals surface area (Å²) in [4.78, 5) is 13.1. The number of ether oxygens (including phenoxy) is 1. The maximum Gasteiger partial charge on any atom is 0.329 e. The number of hydrogen-bond donors (Lipinski definition) is 0. The summed E-state index contributed by atoms with van der Waals surface area (Å²) in [7, 11) is 5.07. The van der Waals surface area contributed by atoms with E-state index in [4.69, 9.17) is 17.0 Å². The predicted molar refractivity (Wildman–Crippen MR) is 85.3 cm³/mol. The molecule has 0 saturated heterocycles. The van der Waals surface area contributed by atoms with E-state index in [0.717, 1.165) is 21.9 Å². The van der Waals surface area contributed by atoms with Crippen molar-refractivity contribution < 1.29 is 4.74 Å². The van der Waals surface area contributed by atoms with Crippen LogP contribution in [0.15, 0.2) is 34.0 Å². The number of rotatable bonds is 3. The number of methoxy groups -OCH3 is 1. The van der Waals surface area contributed by atoms with Crippen LogP contribution in [0.1, 0.15) is 0 Å². The number of thioether (sulfide) groups is 1. The van der Waals surface area contributed by atoms with Crippen LogP contribution in [0.2, 0.25) is 0 Å². The Hall–Kier alpha value is -1.53. The van der Waals surface area contributed by atoms with Crippen LogP contribution in [0, 0.1) is 4.64 Å². The van der Waals surface area contributed by atoms with Gasteiger partial charge in [0, 0.05) is 19.0 Å². The van der Waals surface area contributed by atoms with E-state index in [1.165, 1.54) is 4.57 Å². The van der Waals surface area contributed by atoms with E-state index in [2.05, 4.69) is 0 Å². The standard InChI is InChI=1S/C14H16N2O2S2/c1-15-10(8-13(19)16(2)14(15)17)9-5-6-11(18-3)12(7-9)20-4/h5-8H,1-4H3. The minimum absolute atomic E-state index is 0.131. The molecule has 0 aliphatic carbocycles. The van der Waals surface area contributed by atoms with Crippen molar-refractivity contribution in [2.75, 3.05) is 13.4 Å². The van der Waals surface area contributed by atoms with Gasteiger partial charge in [0.05, 0.1) is 12.8 Å². The van der Waals surface area contributed by atoms with Gasteiger partial charge in [0.2, 0.25) is 0 Å². The second-order valence-corrected chi connectivity index (χ2v) is 5.60. The largest absolute Gasteiger partial charge is 0.496 e. The summed E-state index contributed by atoms with van der Waals surface area (Å²) in [5.74, 6) is 0.825. The first-order valence-electron chi connectivity index (χ1n) is 5.99. The smallest absolute Gasteiger partial charge is 0.329 e. The Labute approximate surface area is 127 Å². The third-order valence-electron chi connectivity index (χ3n) is 3.21. The van der Waals surface area contributed by atoms with Crippen LogP contribution >= 0.6 is 24.0 Å². The Morgan fingerprint density at radius 2 is 1.90 bits per heavy atom. The predicted octanol–water partition coefficient (Wildman–Crippen LogP) is 2.85. The first-order chi connectivity index (χ1) is 9.49. The lowest BCUT2D eigenvalue weighted by molar-refractivity contribution is 0.405. The molecule has 0 unspecified atom stereocenters. The van der Waals surface area contributed by atoms with Crippen LogP contribution < -0.4 is 10.4 Å². The van der Waals surface area contributed by atoms with Gasteiger partial charge in [0.1, 0.15) is 10.4 Å². The Bertz CT molecular complexity index is 763. The van der Waals surface area contributed by atoms with Gasteiger partial charge < -0.3 is 4.74 Å². The molecular formula is C14H16N2O2S2. The van der Waals surface area contributed by atoms with Gasteiger partial charge in [-0.3, -0.25) is 9.13 Å². The van der Waals surface area contributed by atoms with Crippen molar-refractivity contribution in [1.82, 2.24) is 9.13 Å². The van der Waals surface area contributed by atoms with Crippen LogP contribution in [-0.2, 0) is 14.1 Å². The summed E-state index contributed by atoms with van der Waals surface area (Å²) in [6.07, 6.45) is 1.99. The number of aromatic nitrogens is 2. The highest BCUT2D eigenvalue weighted by molar-refractivity contribution is 7.98. The first kappa shape index (κ1) is 14.9. The molecule has 0 radical (unpaired) electrons. The average Bonchev–Trinajstić information content (AvgIpc) is 2.48. The molecule has 106 valence electrons. The molecule has 4 nitrogen and oxygen atoms in total. The Morgan fingerprint density at radius 1 is 1.20 bits per heavy atom. The van der Waals surface area contributed by atoms with Crippen LogP contribution in [0.5, 0.6) is 5.75 Å². The van der Waals surface area contributed by atoms with Crippen LogP contribution in [0.3, 0.4) is 0 Å². The van der Waals surface area contributed by atoms with Gasteiger partial charge in [-0.25, -0.2) is 4.79 Å². The third-order valence-corrected chi connectivity index (χ3v) is 4.36. The third kappa shape index (κ3) is 2.53. The van der Waals surface area contributed by atoms with Gasteiger partial charge in [-0.15, -0.1) is 11.8 Å². The van der Waals surface area contributed by atoms with E-state index in [1.54, 1.807) is 37.5 Å². The Balaban J connectivity index is 2.69. The molecule has 0 saturated carbocycles. The van der Waals surface area contributed by atoms with Crippen LogP contribution in [-0.4, -0.2) is 22.5 Å². The Kier molecular flexibility index (Phi) is 4.35. The van der Waals surface area contributed by atoms with Crippen molar-refractivity contribution in [2.45, 2.75) is 4.90 Å². The van der Waals surface area contributed by atoms with Gasteiger partial charge >= 0.3 is 5.69 Å². The van der Waals surface area contributed by atoms with Gasteiger partial charge in [0.25, 0.3) is 0 Å². The maximum atomic E-state index is 12.1. The number of nitrogens with zero attached hydrogens (tertiary/aromatic N) is 2. The quantitative estimate of drug-likeness (QED) is 0.645. The lowest BCUT2D eigenvalue weighted by atomic mass is 10.1. The monoisotopic (exact) mass is 308 g/mol. The zero-order valence-corrected chi connectivity index (χ0v) is 13.5. The minimum Gasteiger partial charge on any atom is -0.496 e. The summed E-state index contributed by atoms with van der Waals surface area (Å²) in [5, 5.41) is 0. The molecule has 20 heavy (non-hydrogen) atoms. The van der Waals surface area contributed by atoms with Crippen molar-refractivity contribution in [2.24, 2.45) is 14.1 Å². The molecule has 0 amide bonds. The molecule has 1 heterocycles. The van der Waals surface area contributed by atoms with E-state index in [1.807, 2.05) is 30.5 Å². The highest BCUT2D eigenvalue weighted by Crippen LogP contribution is 2.31. The highest BCUT2D eigenvalue weighted by atomic mass is 32.2. The molecule has 6 heteroatoms. The van der Waals surface area contributed by atoms with Crippen molar-refractivity contribution >= 4 is 24.0 Å². The van der Waals surface area contributed by atoms with Crippen molar-refractivity contribution in [1.29, 1.82) is 0 Å². The van der Waals surface area contributed by atoms with E-state index >= 15 is 0 Å². The average molecular weight is 308 g/mol. The molecule has 2 rings (SSSR count). The SMILES string of the molecule is COc1ccc(-c2cc(=S)n(C)c(=O)n2C)cc1SC. The molecule has 0 spiro atoms. The molecule has 2 aromatic rings. The number of hydrogen-bond acceptors (Lipinski definition) is 4. The summed E-state index contributed by atoms with van der Waals surface area (Å²) in [5.41, 5.74) is 1.62. The van der Waals surface area contributed by atoms with Crippen LogP contribution in [0.4, 0.5) is 0 Å². The van der Waals surface area contributed by atoms with Gasteiger partial charge in [-0.05, 0) is 36.1 Å². The summed E-state index contributed by atoms with van der Waals surface area (Å²) < 4.78 is 8.88. The Morgan fingerprint density at radius 3 is 2.50 bits per heavy atom. The number of benzene rings is 1. The molecule has 1 aromatic carbocycles. The second kappa shape index (κ2) is 5.85. The van der Waals surface area contributed by atoms with E-state index < -0.39 is 0 Å². The highest BCUT2D eigenvalue weighted by Gasteiger charge is 2.09. The van der Waals surface area contributed by atoms with Crippen LogP contribution in [0.25, 0.3) is 11.3 Å². The molecule has 0 aliphatic heterocycles. The van der Waals surface area contributed by atoms with Gasteiger partial charge in [-0.2, -0.15) is 0 Å². The molecule has 0 N–H and O–H groups in total. The molecule has 0 bridgehead atoms. The first-order valence-corrected chi connectivity index (χ1v) is 7.62. The van der Waals surface area contributed by atoms with Gasteiger partial charge in [0.15, 0.2) is 0 Å². The fourth-order valence-corrected chi connectivity index (χ4v) is 2.79. The lowest BCUT2D eigenvalue weighted by Gasteiger charge is -2.13. The summed E-state index contributed by atoms with van der Waals surface area (Å²) in [6.45, 7) is 0. The topological polar surface area (TPSA) is 36.2 Å². The lowest BCUT2D eigenvalue weighted by Crippen LogP contribution is -2.28. The zero-order valence-electron chi connectivity index (χ0n) is 11.8. The van der Waals surface area contributed by atoms with Crippen molar-refractivity contribution in [3.63, 3.8) is 0 Å².